The molecule has 55 heavy (non-hydrogen) atoms. The molecule has 0 aromatic carbocycles. The molecule has 17 heteroatoms. The molecule has 0 aromatic rings. The van der Waals surface area contributed by atoms with Gasteiger partial charge in [-0.05, 0) is 78.9 Å². The summed E-state index contributed by atoms with van der Waals surface area (Å²) >= 11 is 0. The highest BCUT2D eigenvalue weighted by atomic mass is 28.4. The molecule has 0 saturated heterocycles. The first-order valence-electron chi connectivity index (χ1n) is 19.9. The molecule has 15 nitrogen and oxygen atoms in total. The van der Waals surface area contributed by atoms with Crippen LogP contribution in [-0.2, 0) is 42.5 Å². The number of nitrogens with one attached hydrogen (secondary N) is 4. The van der Waals surface area contributed by atoms with Gasteiger partial charge in [-0.3, -0.25) is 9.59 Å². The number of ether oxygens (including phenoxy) is 5. The van der Waals surface area contributed by atoms with E-state index in [4.69, 9.17) is 28.1 Å². The molecular weight excluding hydrogens is 745 g/mol. The molecule has 0 bridgehead atoms. The largest absolute Gasteiger partial charge is 0.450 e. The van der Waals surface area contributed by atoms with E-state index in [9.17, 15) is 24.0 Å². The van der Waals surface area contributed by atoms with Gasteiger partial charge in [-0.15, -0.1) is 0 Å². The Balaban J connectivity index is 3.97. The maximum atomic E-state index is 12.2. The number of unbranched alkanes of at least 4 members (excludes halogenated alkanes) is 6. The average Bonchev–Trinajstić information content (AvgIpc) is 3.09. The molecule has 0 saturated carbocycles. The molecule has 1 atom stereocenters. The van der Waals surface area contributed by atoms with Crippen LogP contribution in [0, 0.1) is 0 Å². The summed E-state index contributed by atoms with van der Waals surface area (Å²) < 4.78 is 33.1. The van der Waals surface area contributed by atoms with Gasteiger partial charge in [-0.2, -0.15) is 0 Å². The predicted octanol–water partition coefficient (Wildman–Crippen LogP) is 6.64. The second-order valence-corrected chi connectivity index (χ2v) is 25.3. The fourth-order valence-corrected chi connectivity index (χ4v) is 11.5. The Bertz CT molecular complexity index is 1160. The minimum absolute atomic E-state index is 0.0376. The quantitative estimate of drug-likeness (QED) is 0.0142. The second kappa shape index (κ2) is 29.3. The Hall–Kier alpha value is -3.00. The van der Waals surface area contributed by atoms with E-state index in [0.717, 1.165) is 69.9 Å². The second-order valence-electron chi connectivity index (χ2n) is 15.6. The number of rotatable bonds is 32. The van der Waals surface area contributed by atoms with Gasteiger partial charge in [0.25, 0.3) is 5.91 Å². The van der Waals surface area contributed by atoms with Gasteiger partial charge in [0, 0.05) is 30.4 Å². The number of carbonyl (C=O) groups excluding carboxylic acids is 5. The van der Waals surface area contributed by atoms with Crippen molar-refractivity contribution in [2.45, 2.75) is 155 Å². The van der Waals surface area contributed by atoms with Crippen molar-refractivity contribution in [2.75, 3.05) is 46.6 Å². The van der Waals surface area contributed by atoms with Crippen LogP contribution in [0.4, 0.5) is 9.59 Å². The van der Waals surface area contributed by atoms with Crippen LogP contribution in [-0.4, -0.2) is 104 Å². The molecule has 0 heterocycles. The van der Waals surface area contributed by atoms with E-state index in [1.54, 1.807) is 6.92 Å². The first kappa shape index (κ1) is 52.0. The third kappa shape index (κ3) is 27.3. The van der Waals surface area contributed by atoms with Gasteiger partial charge < -0.3 is 49.4 Å². The molecule has 0 spiro atoms. The molecule has 0 fully saturated rings. The van der Waals surface area contributed by atoms with Crippen molar-refractivity contribution in [1.82, 2.24) is 21.3 Å². The van der Waals surface area contributed by atoms with Crippen LogP contribution >= 0.6 is 0 Å². The minimum atomic E-state index is -1.87. The summed E-state index contributed by atoms with van der Waals surface area (Å²) in [5, 5.41) is 9.67. The Kier molecular flexibility index (Phi) is 27.7. The van der Waals surface area contributed by atoms with E-state index in [0.29, 0.717) is 44.8 Å². The van der Waals surface area contributed by atoms with E-state index in [1.165, 1.54) is 6.92 Å². The van der Waals surface area contributed by atoms with Crippen molar-refractivity contribution in [3.05, 3.63) is 12.2 Å². The van der Waals surface area contributed by atoms with Crippen LogP contribution < -0.4 is 21.3 Å². The van der Waals surface area contributed by atoms with Gasteiger partial charge in [-0.1, -0.05) is 64.7 Å². The molecule has 0 aliphatic rings. The van der Waals surface area contributed by atoms with Gasteiger partial charge in [0.05, 0.1) is 34.6 Å². The number of carbonyl (C=O) groups is 5. The van der Waals surface area contributed by atoms with Crippen LogP contribution in [0.3, 0.4) is 0 Å². The van der Waals surface area contributed by atoms with E-state index < -0.39 is 46.6 Å². The molecule has 320 valence electrons. The molecule has 0 aliphatic carbocycles. The number of hydrogen-bond acceptors (Lipinski definition) is 11. The lowest BCUT2D eigenvalue weighted by Crippen LogP contribution is -2.56. The zero-order valence-electron chi connectivity index (χ0n) is 35.4. The normalized spacial score (nSPS) is 12.3. The van der Waals surface area contributed by atoms with Gasteiger partial charge >= 0.3 is 18.2 Å². The average molecular weight is 819 g/mol. The van der Waals surface area contributed by atoms with Crippen molar-refractivity contribution in [1.29, 1.82) is 0 Å². The standard InChI is InChI=1S/C38H74N4O11Si2/c1-11-12-15-25-50-36(46)41-29-42-37(47)52-32(4)34(44)40-28-39-33(43)21-14-13-16-22-48-23-18-20-27-55(9,10)53-38(5,6)54(7,8)26-19-17-24-49-30-51-35(45)31(2)3/h32H,2,11-30H2,1,3-10H3,(H,39,43)(H,40,44)(H,41,46)(H,42,47). The zero-order valence-corrected chi connectivity index (χ0v) is 37.4. The monoisotopic (exact) mass is 818 g/mol. The summed E-state index contributed by atoms with van der Waals surface area (Å²) in [6.07, 6.45) is 6.86. The van der Waals surface area contributed by atoms with Crippen molar-refractivity contribution in [2.24, 2.45) is 0 Å². The van der Waals surface area contributed by atoms with Gasteiger partial charge in [0.1, 0.15) is 0 Å². The summed E-state index contributed by atoms with van der Waals surface area (Å²) in [4.78, 5) is 59.1. The van der Waals surface area contributed by atoms with Crippen molar-refractivity contribution < 1.29 is 52.1 Å². The topological polar surface area (TPSA) is 189 Å². The Morgan fingerprint density at radius 1 is 0.691 bits per heavy atom. The molecule has 1 unspecified atom stereocenters. The van der Waals surface area contributed by atoms with Crippen LogP contribution in [0.25, 0.3) is 0 Å². The fourth-order valence-electron chi connectivity index (χ4n) is 5.23. The number of alkyl carbamates (subject to hydrolysis) is 2. The van der Waals surface area contributed by atoms with E-state index in [2.05, 4.69) is 67.9 Å². The summed E-state index contributed by atoms with van der Waals surface area (Å²) in [6, 6.07) is 2.21. The third-order valence-corrected chi connectivity index (χ3v) is 17.1. The highest BCUT2D eigenvalue weighted by Gasteiger charge is 2.43. The van der Waals surface area contributed by atoms with Crippen LogP contribution in [0.2, 0.25) is 38.3 Å². The first-order chi connectivity index (χ1) is 25.8. The van der Waals surface area contributed by atoms with Crippen molar-refractivity contribution in [3.8, 4) is 0 Å². The van der Waals surface area contributed by atoms with Gasteiger partial charge in [0.15, 0.2) is 21.2 Å². The molecule has 4 amide bonds. The third-order valence-electron chi connectivity index (χ3n) is 9.28. The lowest BCUT2D eigenvalue weighted by molar-refractivity contribution is -0.151. The molecule has 4 N–H and O–H groups in total. The Morgan fingerprint density at radius 2 is 1.27 bits per heavy atom. The highest BCUT2D eigenvalue weighted by Crippen LogP contribution is 2.34. The Morgan fingerprint density at radius 3 is 1.93 bits per heavy atom. The molecule has 0 radical (unpaired) electrons. The first-order valence-corrected chi connectivity index (χ1v) is 26.2. The Labute approximate surface area is 332 Å². The summed E-state index contributed by atoms with van der Waals surface area (Å²) in [5.74, 6) is -1.19. The van der Waals surface area contributed by atoms with Crippen LogP contribution in [0.15, 0.2) is 12.2 Å². The van der Waals surface area contributed by atoms with E-state index >= 15 is 0 Å². The predicted molar refractivity (Wildman–Crippen MR) is 218 cm³/mol. The van der Waals surface area contributed by atoms with Crippen LogP contribution in [0.1, 0.15) is 105 Å². The van der Waals surface area contributed by atoms with Gasteiger partial charge in [0.2, 0.25) is 5.91 Å². The van der Waals surface area contributed by atoms with E-state index in [1.807, 2.05) is 6.92 Å². The number of hydrogen-bond donors (Lipinski definition) is 4. The van der Waals surface area contributed by atoms with E-state index in [-0.39, 0.29) is 31.3 Å². The fraction of sp³-hybridized carbons (Fsp3) is 0.816. The lowest BCUT2D eigenvalue weighted by Gasteiger charge is -2.45. The molecule has 0 aliphatic heterocycles. The van der Waals surface area contributed by atoms with Crippen molar-refractivity contribution >= 4 is 46.4 Å². The SMILES string of the molecule is C=C(C)C(=O)OCOCCCC[Si](C)(C)C(C)(C)O[Si](C)(C)CCCCOCCCCCC(=O)NCNC(=O)C(C)OC(=O)NCNC(=O)OCCCCC. The zero-order chi connectivity index (χ0) is 41.8. The lowest BCUT2D eigenvalue weighted by atomic mass is 10.2. The van der Waals surface area contributed by atoms with Gasteiger partial charge in [-0.25, -0.2) is 14.4 Å². The number of esters is 1. The highest BCUT2D eigenvalue weighted by molar-refractivity contribution is 6.81. The summed E-state index contributed by atoms with van der Waals surface area (Å²) in [7, 11) is -3.56. The molecular formula is C38H74N4O11Si2. The molecule has 0 rings (SSSR count). The maximum Gasteiger partial charge on any atom is 0.409 e. The minimum Gasteiger partial charge on any atom is -0.450 e. The smallest absolute Gasteiger partial charge is 0.409 e. The summed E-state index contributed by atoms with van der Waals surface area (Å²) in [6.45, 7) is 24.4. The summed E-state index contributed by atoms with van der Waals surface area (Å²) in [5.41, 5.74) is 0.364. The number of amides is 4. The maximum absolute atomic E-state index is 12.2. The molecule has 0 aromatic heterocycles. The van der Waals surface area contributed by atoms with Crippen LogP contribution in [0.5, 0.6) is 0 Å². The van der Waals surface area contributed by atoms with Crippen molar-refractivity contribution in [3.63, 3.8) is 0 Å².